The number of carboxylic acid groups (broad SMARTS) is 1. The Labute approximate surface area is 124 Å². The summed E-state index contributed by atoms with van der Waals surface area (Å²) in [5.41, 5.74) is 0. The largest absolute Gasteiger partial charge is 0.481 e. The Morgan fingerprint density at radius 3 is 2.38 bits per heavy atom. The maximum atomic E-state index is 12.7. The van der Waals surface area contributed by atoms with Crippen molar-refractivity contribution in [3.8, 4) is 0 Å². The SMILES string of the molecule is CCN(CC(=O)N(C)C)C(=O)N1C2CCC1C(C(=O)O)C2. The second-order valence-electron chi connectivity index (χ2n) is 5.97. The van der Waals surface area contributed by atoms with Crippen LogP contribution < -0.4 is 0 Å². The van der Waals surface area contributed by atoms with Gasteiger partial charge in [0.1, 0.15) is 6.54 Å². The normalized spacial score (nSPS) is 26.8. The van der Waals surface area contributed by atoms with Gasteiger partial charge < -0.3 is 19.8 Å². The summed E-state index contributed by atoms with van der Waals surface area (Å²) in [5.74, 6) is -1.42. The van der Waals surface area contributed by atoms with Gasteiger partial charge in [-0.3, -0.25) is 9.59 Å². The number of urea groups is 1. The summed E-state index contributed by atoms with van der Waals surface area (Å²) in [6.07, 6.45) is 2.14. The standard InChI is InChI=1S/C14H23N3O4/c1-4-16(8-12(18)15(2)3)14(21)17-9-5-6-11(17)10(7-9)13(19)20/h9-11H,4-8H2,1-3H3,(H,19,20). The highest BCUT2D eigenvalue weighted by Gasteiger charge is 2.52. The maximum absolute atomic E-state index is 12.7. The molecule has 0 aromatic rings. The number of rotatable bonds is 4. The van der Waals surface area contributed by atoms with E-state index in [0.29, 0.717) is 13.0 Å². The van der Waals surface area contributed by atoms with Crippen molar-refractivity contribution >= 4 is 17.9 Å². The Morgan fingerprint density at radius 2 is 1.90 bits per heavy atom. The van der Waals surface area contributed by atoms with Gasteiger partial charge in [0.25, 0.3) is 0 Å². The van der Waals surface area contributed by atoms with Gasteiger partial charge in [0.05, 0.1) is 5.92 Å². The van der Waals surface area contributed by atoms with Gasteiger partial charge in [0.15, 0.2) is 0 Å². The lowest BCUT2D eigenvalue weighted by atomic mass is 9.89. The van der Waals surface area contributed by atoms with E-state index >= 15 is 0 Å². The van der Waals surface area contributed by atoms with Crippen LogP contribution in [0.15, 0.2) is 0 Å². The molecule has 21 heavy (non-hydrogen) atoms. The maximum Gasteiger partial charge on any atom is 0.320 e. The van der Waals surface area contributed by atoms with Crippen LogP contribution in [0.5, 0.6) is 0 Å². The molecule has 2 bridgehead atoms. The summed E-state index contributed by atoms with van der Waals surface area (Å²) < 4.78 is 0. The number of carbonyl (C=O) groups is 3. The molecule has 0 aliphatic carbocycles. The van der Waals surface area contributed by atoms with Crippen molar-refractivity contribution in [3.63, 3.8) is 0 Å². The molecule has 0 radical (unpaired) electrons. The smallest absolute Gasteiger partial charge is 0.320 e. The van der Waals surface area contributed by atoms with E-state index in [2.05, 4.69) is 0 Å². The molecule has 0 saturated carbocycles. The van der Waals surface area contributed by atoms with Crippen LogP contribution in [0.25, 0.3) is 0 Å². The average Bonchev–Trinajstić information content (AvgIpc) is 3.01. The first-order chi connectivity index (χ1) is 9.86. The van der Waals surface area contributed by atoms with Crippen molar-refractivity contribution in [2.75, 3.05) is 27.2 Å². The van der Waals surface area contributed by atoms with E-state index in [9.17, 15) is 19.5 Å². The zero-order valence-corrected chi connectivity index (χ0v) is 12.8. The number of carbonyl (C=O) groups excluding carboxylic acids is 2. The van der Waals surface area contributed by atoms with Crippen molar-refractivity contribution in [1.29, 1.82) is 0 Å². The number of fused-ring (bicyclic) bond motifs is 2. The molecule has 2 saturated heterocycles. The average molecular weight is 297 g/mol. The van der Waals surface area contributed by atoms with Gasteiger partial charge >= 0.3 is 12.0 Å². The number of hydrogen-bond donors (Lipinski definition) is 1. The molecule has 7 nitrogen and oxygen atoms in total. The molecule has 2 heterocycles. The van der Waals surface area contributed by atoms with Gasteiger partial charge in [0, 0.05) is 32.7 Å². The minimum absolute atomic E-state index is 0.00658. The van der Waals surface area contributed by atoms with Crippen molar-refractivity contribution in [2.24, 2.45) is 5.92 Å². The van der Waals surface area contributed by atoms with E-state index in [4.69, 9.17) is 0 Å². The molecule has 2 fully saturated rings. The van der Waals surface area contributed by atoms with E-state index in [1.165, 1.54) is 9.80 Å². The Morgan fingerprint density at radius 1 is 1.24 bits per heavy atom. The van der Waals surface area contributed by atoms with E-state index in [1.54, 1.807) is 19.0 Å². The number of aliphatic carboxylic acids is 1. The molecule has 2 aliphatic heterocycles. The summed E-state index contributed by atoms with van der Waals surface area (Å²) in [7, 11) is 3.31. The number of amides is 3. The van der Waals surface area contributed by atoms with Gasteiger partial charge in [-0.15, -0.1) is 0 Å². The van der Waals surface area contributed by atoms with Gasteiger partial charge in [-0.05, 0) is 26.2 Å². The van der Waals surface area contributed by atoms with Crippen molar-refractivity contribution in [3.05, 3.63) is 0 Å². The Balaban J connectivity index is 2.08. The minimum Gasteiger partial charge on any atom is -0.481 e. The predicted molar refractivity (Wildman–Crippen MR) is 75.7 cm³/mol. The molecule has 0 aromatic carbocycles. The van der Waals surface area contributed by atoms with E-state index in [-0.39, 0.29) is 30.6 Å². The zero-order valence-electron chi connectivity index (χ0n) is 12.8. The fraction of sp³-hybridized carbons (Fsp3) is 0.786. The highest BCUT2D eigenvalue weighted by molar-refractivity contribution is 5.85. The summed E-state index contributed by atoms with van der Waals surface area (Å²) in [5, 5.41) is 9.24. The number of hydrogen-bond acceptors (Lipinski definition) is 3. The van der Waals surface area contributed by atoms with Crippen LogP contribution in [0, 0.1) is 5.92 Å². The quantitative estimate of drug-likeness (QED) is 0.817. The molecule has 1 N–H and O–H groups in total. The van der Waals surface area contributed by atoms with Crippen LogP contribution in [-0.4, -0.2) is 77.0 Å². The fourth-order valence-corrected chi connectivity index (χ4v) is 3.33. The lowest BCUT2D eigenvalue weighted by molar-refractivity contribution is -0.142. The van der Waals surface area contributed by atoms with Crippen molar-refractivity contribution in [2.45, 2.75) is 38.3 Å². The van der Waals surface area contributed by atoms with Crippen molar-refractivity contribution < 1.29 is 19.5 Å². The third-order valence-electron chi connectivity index (χ3n) is 4.55. The Bertz CT molecular complexity index is 452. The molecule has 7 heteroatoms. The van der Waals surface area contributed by atoms with Crippen LogP contribution >= 0.6 is 0 Å². The summed E-state index contributed by atoms with van der Waals surface area (Å²) in [6, 6.07) is -0.417. The molecular weight excluding hydrogens is 274 g/mol. The second kappa shape index (κ2) is 5.91. The van der Waals surface area contributed by atoms with Crippen LogP contribution in [0.2, 0.25) is 0 Å². The van der Waals surface area contributed by atoms with Gasteiger partial charge in [-0.2, -0.15) is 0 Å². The third kappa shape index (κ3) is 2.82. The second-order valence-corrected chi connectivity index (χ2v) is 5.97. The van der Waals surface area contributed by atoms with E-state index < -0.39 is 11.9 Å². The third-order valence-corrected chi connectivity index (χ3v) is 4.55. The molecule has 3 unspecified atom stereocenters. The number of nitrogens with zero attached hydrogens (tertiary/aromatic N) is 3. The summed E-state index contributed by atoms with van der Waals surface area (Å²) in [4.78, 5) is 40.4. The molecule has 3 amide bonds. The van der Waals surface area contributed by atoms with Crippen LogP contribution in [-0.2, 0) is 9.59 Å². The highest BCUT2D eigenvalue weighted by Crippen LogP contribution is 2.42. The molecule has 0 aromatic heterocycles. The zero-order chi connectivity index (χ0) is 15.7. The predicted octanol–water partition coefficient (Wildman–Crippen LogP) is 0.454. The van der Waals surface area contributed by atoms with E-state index in [0.717, 1.165) is 12.8 Å². The first-order valence-electron chi connectivity index (χ1n) is 7.37. The summed E-state index contributed by atoms with van der Waals surface area (Å²) in [6.45, 7) is 2.30. The van der Waals surface area contributed by atoms with Crippen molar-refractivity contribution in [1.82, 2.24) is 14.7 Å². The Kier molecular flexibility index (Phi) is 4.39. The molecule has 2 aliphatic rings. The summed E-state index contributed by atoms with van der Waals surface area (Å²) >= 11 is 0. The van der Waals surface area contributed by atoms with Gasteiger partial charge in [-0.25, -0.2) is 4.79 Å². The monoisotopic (exact) mass is 297 g/mol. The lowest BCUT2D eigenvalue weighted by Crippen LogP contribution is -2.49. The van der Waals surface area contributed by atoms with Crippen LogP contribution in [0.1, 0.15) is 26.2 Å². The first-order valence-corrected chi connectivity index (χ1v) is 7.37. The number of likely N-dealkylation sites (N-methyl/N-ethyl adjacent to an activating group) is 2. The molecule has 3 atom stereocenters. The molecule has 0 spiro atoms. The fourth-order valence-electron chi connectivity index (χ4n) is 3.33. The highest BCUT2D eigenvalue weighted by atomic mass is 16.4. The molecule has 2 rings (SSSR count). The lowest BCUT2D eigenvalue weighted by Gasteiger charge is -2.30. The minimum atomic E-state index is -0.826. The first kappa shape index (κ1) is 15.6. The van der Waals surface area contributed by atoms with Gasteiger partial charge in [-0.1, -0.05) is 0 Å². The van der Waals surface area contributed by atoms with Crippen LogP contribution in [0.3, 0.4) is 0 Å². The van der Waals surface area contributed by atoms with E-state index in [1.807, 2.05) is 6.92 Å². The van der Waals surface area contributed by atoms with Gasteiger partial charge in [0.2, 0.25) is 5.91 Å². The molecular formula is C14H23N3O4. The molecule has 118 valence electrons. The topological polar surface area (TPSA) is 81.2 Å². The Hall–Kier alpha value is -1.79. The van der Waals surface area contributed by atoms with Crippen LogP contribution in [0.4, 0.5) is 4.79 Å². The number of carboxylic acids is 1.